The van der Waals surface area contributed by atoms with Crippen molar-refractivity contribution in [2.75, 3.05) is 11.9 Å². The highest BCUT2D eigenvalue weighted by Crippen LogP contribution is 2.30. The predicted octanol–water partition coefficient (Wildman–Crippen LogP) is 4.15. The number of para-hydroxylation sites is 1. The Morgan fingerprint density at radius 1 is 1.17 bits per heavy atom. The molecule has 0 spiro atoms. The zero-order chi connectivity index (χ0) is 24.5. The number of nitrogens with zero attached hydrogens (tertiary/aromatic N) is 5. The van der Waals surface area contributed by atoms with Crippen LogP contribution in [0.5, 0.6) is 0 Å². The summed E-state index contributed by atoms with van der Waals surface area (Å²) in [7, 11) is 0. The highest BCUT2D eigenvalue weighted by atomic mass is 16.2. The van der Waals surface area contributed by atoms with Gasteiger partial charge in [0.1, 0.15) is 11.6 Å². The topological polar surface area (TPSA) is 104 Å². The second kappa shape index (κ2) is 9.03. The summed E-state index contributed by atoms with van der Waals surface area (Å²) >= 11 is 0. The number of aromatic nitrogens is 3. The molecule has 2 unspecified atom stereocenters. The Morgan fingerprint density at radius 2 is 1.91 bits per heavy atom. The van der Waals surface area contributed by atoms with Gasteiger partial charge in [0.05, 0.1) is 23.7 Å². The maximum Gasteiger partial charge on any atom is 0.230 e. The van der Waals surface area contributed by atoms with Gasteiger partial charge in [0, 0.05) is 18.4 Å². The number of nitriles is 1. The van der Waals surface area contributed by atoms with Crippen LogP contribution in [0.15, 0.2) is 66.9 Å². The molecule has 8 heteroatoms. The smallest absolute Gasteiger partial charge is 0.230 e. The Morgan fingerprint density at radius 3 is 2.69 bits per heavy atom. The number of fused-ring (bicyclic) bond motifs is 1. The van der Waals surface area contributed by atoms with Gasteiger partial charge in [-0.05, 0) is 37.1 Å². The molecule has 2 amide bonds. The van der Waals surface area contributed by atoms with Crippen molar-refractivity contribution in [1.82, 2.24) is 19.7 Å². The molecule has 1 aliphatic heterocycles. The molecule has 2 aromatic heterocycles. The summed E-state index contributed by atoms with van der Waals surface area (Å²) < 4.78 is 1.47. The van der Waals surface area contributed by atoms with Crippen molar-refractivity contribution in [2.24, 2.45) is 5.92 Å². The van der Waals surface area contributed by atoms with E-state index in [9.17, 15) is 14.9 Å². The average molecular weight is 465 g/mol. The Labute approximate surface area is 202 Å². The lowest BCUT2D eigenvalue weighted by molar-refractivity contribution is -0.129. The summed E-state index contributed by atoms with van der Waals surface area (Å²) in [6.07, 6.45) is 1.53. The van der Waals surface area contributed by atoms with Gasteiger partial charge in [0.2, 0.25) is 11.8 Å². The number of carbonyl (C=O) groups excluding carboxylic acids is 2. The number of hydrogen-bond donors (Lipinski definition) is 1. The van der Waals surface area contributed by atoms with E-state index in [4.69, 9.17) is 0 Å². The fraction of sp³-hybridized carbons (Fsp3) is 0.222. The number of aryl methyl sites for hydroxylation is 1. The largest absolute Gasteiger partial charge is 0.335 e. The van der Waals surface area contributed by atoms with Crippen molar-refractivity contribution in [1.29, 1.82) is 5.26 Å². The lowest BCUT2D eigenvalue weighted by Crippen LogP contribution is -2.31. The van der Waals surface area contributed by atoms with Crippen molar-refractivity contribution in [3.8, 4) is 11.9 Å². The third-order valence-electron chi connectivity index (χ3n) is 6.54. The van der Waals surface area contributed by atoms with Crippen LogP contribution in [0.1, 0.15) is 36.1 Å². The Hall–Kier alpha value is -4.51. The molecule has 0 aliphatic carbocycles. The van der Waals surface area contributed by atoms with Crippen LogP contribution in [0.2, 0.25) is 0 Å². The van der Waals surface area contributed by atoms with Crippen molar-refractivity contribution in [3.05, 3.63) is 83.6 Å². The second-order valence-electron chi connectivity index (χ2n) is 8.77. The fourth-order valence-corrected chi connectivity index (χ4v) is 4.58. The highest BCUT2D eigenvalue weighted by Gasteiger charge is 2.37. The monoisotopic (exact) mass is 464 g/mol. The first-order valence-corrected chi connectivity index (χ1v) is 11.5. The van der Waals surface area contributed by atoms with Crippen LogP contribution in [0.3, 0.4) is 0 Å². The van der Waals surface area contributed by atoms with E-state index in [1.807, 2.05) is 74.5 Å². The molecule has 4 aromatic rings. The number of nitrogens with one attached hydrogen (secondary N) is 1. The van der Waals surface area contributed by atoms with Gasteiger partial charge in [0.25, 0.3) is 0 Å². The summed E-state index contributed by atoms with van der Waals surface area (Å²) in [4.78, 5) is 32.4. The molecule has 0 radical (unpaired) electrons. The fourth-order valence-electron chi connectivity index (χ4n) is 4.58. The van der Waals surface area contributed by atoms with Gasteiger partial charge in [-0.25, -0.2) is 4.98 Å². The number of pyridine rings is 1. The third kappa shape index (κ3) is 4.13. The standard InChI is InChI=1S/C27H24N6O2/c1-17-12-24(30-23-11-7-6-10-22(17)23)33-26(21(14-28)15-29-33)31-27(35)20-13-25(34)32(16-20)18(2)19-8-4-3-5-9-19/h3-12,15,18,20H,13,16H2,1-2H3,(H,31,35). The number of amides is 2. The minimum absolute atomic E-state index is 0.0673. The van der Waals surface area contributed by atoms with Crippen molar-refractivity contribution < 1.29 is 9.59 Å². The molecule has 0 saturated carbocycles. The zero-order valence-electron chi connectivity index (χ0n) is 19.5. The van der Waals surface area contributed by atoms with Crippen molar-refractivity contribution in [3.63, 3.8) is 0 Å². The normalized spacial score (nSPS) is 16.3. The number of anilines is 1. The van der Waals surface area contributed by atoms with E-state index in [2.05, 4.69) is 21.5 Å². The third-order valence-corrected chi connectivity index (χ3v) is 6.54. The van der Waals surface area contributed by atoms with Crippen LogP contribution < -0.4 is 5.32 Å². The van der Waals surface area contributed by atoms with E-state index in [-0.39, 0.29) is 35.7 Å². The molecule has 1 N–H and O–H groups in total. The van der Waals surface area contributed by atoms with Gasteiger partial charge < -0.3 is 10.2 Å². The van der Waals surface area contributed by atoms with E-state index >= 15 is 0 Å². The molecular formula is C27H24N6O2. The number of carbonyl (C=O) groups is 2. The SMILES string of the molecule is Cc1cc(-n2ncc(C#N)c2NC(=O)C2CC(=O)N(C(C)c3ccccc3)C2)nc2ccccc12. The molecule has 3 heterocycles. The molecule has 174 valence electrons. The minimum atomic E-state index is -0.533. The highest BCUT2D eigenvalue weighted by molar-refractivity contribution is 5.97. The summed E-state index contributed by atoms with van der Waals surface area (Å²) in [6.45, 7) is 4.25. The van der Waals surface area contributed by atoms with Crippen LogP contribution in [0.4, 0.5) is 5.82 Å². The summed E-state index contributed by atoms with van der Waals surface area (Å²) in [5.41, 5.74) is 3.04. The number of hydrogen-bond acceptors (Lipinski definition) is 5. The molecule has 1 aliphatic rings. The van der Waals surface area contributed by atoms with E-state index < -0.39 is 5.92 Å². The quantitative estimate of drug-likeness (QED) is 0.478. The second-order valence-corrected chi connectivity index (χ2v) is 8.77. The van der Waals surface area contributed by atoms with Gasteiger partial charge in [-0.1, -0.05) is 48.5 Å². The van der Waals surface area contributed by atoms with E-state index in [1.165, 1.54) is 10.9 Å². The van der Waals surface area contributed by atoms with Crippen LogP contribution in [0, 0.1) is 24.2 Å². The number of likely N-dealkylation sites (tertiary alicyclic amines) is 1. The van der Waals surface area contributed by atoms with Crippen LogP contribution >= 0.6 is 0 Å². The Balaban J connectivity index is 1.40. The van der Waals surface area contributed by atoms with Gasteiger partial charge >= 0.3 is 0 Å². The van der Waals surface area contributed by atoms with Gasteiger partial charge in [0.15, 0.2) is 11.6 Å². The molecule has 0 bridgehead atoms. The maximum absolute atomic E-state index is 13.2. The lowest BCUT2D eigenvalue weighted by Gasteiger charge is -2.25. The Bertz CT molecular complexity index is 1470. The molecular weight excluding hydrogens is 440 g/mol. The minimum Gasteiger partial charge on any atom is -0.335 e. The van der Waals surface area contributed by atoms with E-state index in [1.54, 1.807) is 4.90 Å². The summed E-state index contributed by atoms with van der Waals surface area (Å²) in [5, 5.41) is 17.8. The number of rotatable bonds is 5. The zero-order valence-corrected chi connectivity index (χ0v) is 19.5. The summed E-state index contributed by atoms with van der Waals surface area (Å²) in [6, 6.07) is 21.3. The first kappa shape index (κ1) is 22.3. The van der Waals surface area contributed by atoms with Gasteiger partial charge in [-0.15, -0.1) is 0 Å². The lowest BCUT2D eigenvalue weighted by atomic mass is 10.1. The first-order chi connectivity index (χ1) is 17.0. The van der Waals surface area contributed by atoms with Crippen LogP contribution in [-0.2, 0) is 9.59 Å². The summed E-state index contributed by atoms with van der Waals surface area (Å²) in [5.74, 6) is -0.171. The molecule has 35 heavy (non-hydrogen) atoms. The predicted molar refractivity (Wildman–Crippen MR) is 132 cm³/mol. The van der Waals surface area contributed by atoms with E-state index in [0.29, 0.717) is 12.4 Å². The number of benzene rings is 2. The first-order valence-electron chi connectivity index (χ1n) is 11.5. The molecule has 1 saturated heterocycles. The Kier molecular flexibility index (Phi) is 5.75. The van der Waals surface area contributed by atoms with Crippen molar-refractivity contribution >= 4 is 28.5 Å². The molecule has 5 rings (SSSR count). The molecule has 8 nitrogen and oxygen atoms in total. The van der Waals surface area contributed by atoms with Crippen LogP contribution in [-0.4, -0.2) is 38.0 Å². The van der Waals surface area contributed by atoms with Gasteiger partial charge in [-0.2, -0.15) is 15.0 Å². The van der Waals surface area contributed by atoms with E-state index in [0.717, 1.165) is 22.0 Å². The molecule has 1 fully saturated rings. The molecule has 2 aromatic carbocycles. The molecule has 2 atom stereocenters. The maximum atomic E-state index is 13.2. The van der Waals surface area contributed by atoms with Gasteiger partial charge in [-0.3, -0.25) is 9.59 Å². The van der Waals surface area contributed by atoms with Crippen molar-refractivity contribution in [2.45, 2.75) is 26.3 Å². The van der Waals surface area contributed by atoms with Crippen LogP contribution in [0.25, 0.3) is 16.7 Å². The average Bonchev–Trinajstić information content (AvgIpc) is 3.47.